The van der Waals surface area contributed by atoms with Crippen molar-refractivity contribution in [3.05, 3.63) is 11.6 Å². The Morgan fingerprint density at radius 3 is 3.00 bits per heavy atom. The van der Waals surface area contributed by atoms with Gasteiger partial charge in [0.1, 0.15) is 5.82 Å². The molecule has 1 aromatic heterocycles. The number of aliphatic carboxylic acids is 1. The molecule has 88 valence electrons. The Hall–Kier alpha value is -1.39. The second-order valence-corrected chi connectivity index (χ2v) is 4.72. The first-order valence-corrected chi connectivity index (χ1v) is 5.71. The van der Waals surface area contributed by atoms with Crippen LogP contribution in [-0.2, 0) is 17.8 Å². The SMILES string of the molecule is CC(C)c1nc2n(n1)CCC(CC(=O)O)C2. The molecule has 0 radical (unpaired) electrons. The number of carboxylic acid groups (broad SMARTS) is 1. The summed E-state index contributed by atoms with van der Waals surface area (Å²) in [5.74, 6) is 1.64. The fraction of sp³-hybridized carbons (Fsp3) is 0.727. The van der Waals surface area contributed by atoms with Crippen LogP contribution < -0.4 is 0 Å². The van der Waals surface area contributed by atoms with E-state index in [0.29, 0.717) is 5.92 Å². The molecule has 1 N–H and O–H groups in total. The smallest absolute Gasteiger partial charge is 0.303 e. The molecule has 0 saturated heterocycles. The van der Waals surface area contributed by atoms with Crippen molar-refractivity contribution in [2.45, 2.75) is 45.6 Å². The number of rotatable bonds is 3. The van der Waals surface area contributed by atoms with Gasteiger partial charge in [-0.1, -0.05) is 13.8 Å². The van der Waals surface area contributed by atoms with Crippen molar-refractivity contribution in [3.63, 3.8) is 0 Å². The zero-order chi connectivity index (χ0) is 11.7. The van der Waals surface area contributed by atoms with Crippen molar-refractivity contribution < 1.29 is 9.90 Å². The van der Waals surface area contributed by atoms with Gasteiger partial charge in [0.25, 0.3) is 0 Å². The second-order valence-electron chi connectivity index (χ2n) is 4.72. The minimum Gasteiger partial charge on any atom is -0.481 e. The highest BCUT2D eigenvalue weighted by Gasteiger charge is 2.24. The maximum atomic E-state index is 10.7. The van der Waals surface area contributed by atoms with Crippen LogP contribution in [0.1, 0.15) is 44.3 Å². The van der Waals surface area contributed by atoms with E-state index in [1.54, 1.807) is 0 Å². The van der Waals surface area contributed by atoms with Crippen LogP contribution in [0.25, 0.3) is 0 Å². The summed E-state index contributed by atoms with van der Waals surface area (Å²) in [5, 5.41) is 13.2. The van der Waals surface area contributed by atoms with Crippen molar-refractivity contribution >= 4 is 5.97 Å². The molecule has 0 saturated carbocycles. The van der Waals surface area contributed by atoms with Crippen LogP contribution in [0.3, 0.4) is 0 Å². The van der Waals surface area contributed by atoms with Gasteiger partial charge >= 0.3 is 5.97 Å². The summed E-state index contributed by atoms with van der Waals surface area (Å²) in [6.07, 6.45) is 1.87. The Morgan fingerprint density at radius 2 is 2.38 bits per heavy atom. The van der Waals surface area contributed by atoms with Gasteiger partial charge in [0.05, 0.1) is 0 Å². The van der Waals surface area contributed by atoms with Gasteiger partial charge in [-0.2, -0.15) is 5.10 Å². The van der Waals surface area contributed by atoms with Crippen LogP contribution in [0.4, 0.5) is 0 Å². The molecular formula is C11H17N3O2. The maximum absolute atomic E-state index is 10.7. The lowest BCUT2D eigenvalue weighted by Gasteiger charge is -2.20. The lowest BCUT2D eigenvalue weighted by atomic mass is 9.95. The van der Waals surface area contributed by atoms with E-state index in [4.69, 9.17) is 5.11 Å². The van der Waals surface area contributed by atoms with Gasteiger partial charge in [0, 0.05) is 25.3 Å². The summed E-state index contributed by atoms with van der Waals surface area (Å²) in [7, 11) is 0. The number of carbonyl (C=O) groups is 1. The minimum atomic E-state index is -0.720. The van der Waals surface area contributed by atoms with E-state index in [2.05, 4.69) is 23.9 Å². The van der Waals surface area contributed by atoms with Crippen LogP contribution in [0.15, 0.2) is 0 Å². The average molecular weight is 223 g/mol. The van der Waals surface area contributed by atoms with Crippen molar-refractivity contribution in [2.75, 3.05) is 0 Å². The summed E-state index contributed by atoms with van der Waals surface area (Å²) in [6, 6.07) is 0. The van der Waals surface area contributed by atoms with Gasteiger partial charge in [-0.3, -0.25) is 4.79 Å². The molecule has 1 atom stereocenters. The Bertz CT molecular complexity index is 398. The van der Waals surface area contributed by atoms with Crippen LogP contribution in [0, 0.1) is 5.92 Å². The van der Waals surface area contributed by atoms with E-state index in [0.717, 1.165) is 31.0 Å². The third-order valence-electron chi connectivity index (χ3n) is 2.96. The van der Waals surface area contributed by atoms with Crippen LogP contribution in [0.5, 0.6) is 0 Å². The van der Waals surface area contributed by atoms with E-state index < -0.39 is 5.97 Å². The molecule has 5 heteroatoms. The predicted octanol–water partition coefficient (Wildman–Crippen LogP) is 1.44. The molecule has 0 fully saturated rings. The largest absolute Gasteiger partial charge is 0.481 e. The van der Waals surface area contributed by atoms with Crippen molar-refractivity contribution in [3.8, 4) is 0 Å². The molecule has 0 aromatic carbocycles. The normalized spacial score (nSPS) is 19.8. The van der Waals surface area contributed by atoms with Crippen LogP contribution in [0.2, 0.25) is 0 Å². The van der Waals surface area contributed by atoms with E-state index >= 15 is 0 Å². The number of nitrogens with zero attached hydrogens (tertiary/aromatic N) is 3. The topological polar surface area (TPSA) is 68.0 Å². The second kappa shape index (κ2) is 4.23. The first kappa shape index (κ1) is 11.1. The van der Waals surface area contributed by atoms with Gasteiger partial charge in [-0.15, -0.1) is 0 Å². The van der Waals surface area contributed by atoms with Crippen molar-refractivity contribution in [1.29, 1.82) is 0 Å². The molecule has 0 bridgehead atoms. The fourth-order valence-corrected chi connectivity index (χ4v) is 2.05. The van der Waals surface area contributed by atoms with Crippen LogP contribution >= 0.6 is 0 Å². The molecule has 16 heavy (non-hydrogen) atoms. The summed E-state index contributed by atoms with van der Waals surface area (Å²) >= 11 is 0. The molecule has 0 aliphatic carbocycles. The first-order valence-electron chi connectivity index (χ1n) is 5.71. The number of aromatic nitrogens is 3. The van der Waals surface area contributed by atoms with Gasteiger partial charge in [-0.05, 0) is 12.3 Å². The minimum absolute atomic E-state index is 0.217. The molecule has 1 unspecified atom stereocenters. The van der Waals surface area contributed by atoms with Gasteiger partial charge in [0.15, 0.2) is 5.82 Å². The maximum Gasteiger partial charge on any atom is 0.303 e. The molecule has 2 rings (SSSR count). The number of fused-ring (bicyclic) bond motifs is 1. The molecule has 1 aromatic rings. The lowest BCUT2D eigenvalue weighted by molar-refractivity contribution is -0.138. The molecule has 1 aliphatic heterocycles. The van der Waals surface area contributed by atoms with Crippen LogP contribution in [-0.4, -0.2) is 25.8 Å². The summed E-state index contributed by atoms with van der Waals surface area (Å²) < 4.78 is 1.92. The third-order valence-corrected chi connectivity index (χ3v) is 2.96. The lowest BCUT2D eigenvalue weighted by Crippen LogP contribution is -2.22. The summed E-state index contributed by atoms with van der Waals surface area (Å²) in [5.41, 5.74) is 0. The summed E-state index contributed by atoms with van der Waals surface area (Å²) in [4.78, 5) is 15.1. The molecule has 0 spiro atoms. The highest BCUT2D eigenvalue weighted by molar-refractivity contribution is 5.67. The standard InChI is InChI=1S/C11H17N3O2/c1-7(2)11-12-9-5-8(6-10(15)16)3-4-14(9)13-11/h7-8H,3-6H2,1-2H3,(H,15,16). The van der Waals surface area contributed by atoms with E-state index in [-0.39, 0.29) is 12.3 Å². The molecule has 0 amide bonds. The Kier molecular flexibility index (Phi) is 2.94. The molecule has 2 heterocycles. The number of aryl methyl sites for hydroxylation is 1. The first-order chi connectivity index (χ1) is 7.56. The van der Waals surface area contributed by atoms with E-state index in [1.807, 2.05) is 4.68 Å². The number of hydrogen-bond acceptors (Lipinski definition) is 3. The van der Waals surface area contributed by atoms with Gasteiger partial charge in [0.2, 0.25) is 0 Å². The van der Waals surface area contributed by atoms with Crippen molar-refractivity contribution in [1.82, 2.24) is 14.8 Å². The van der Waals surface area contributed by atoms with E-state index in [1.165, 1.54) is 0 Å². The molecular weight excluding hydrogens is 206 g/mol. The number of carboxylic acids is 1. The summed E-state index contributed by atoms with van der Waals surface area (Å²) in [6.45, 7) is 4.93. The quantitative estimate of drug-likeness (QED) is 0.841. The predicted molar refractivity (Wildman–Crippen MR) is 58.2 cm³/mol. The highest BCUT2D eigenvalue weighted by Crippen LogP contribution is 2.23. The van der Waals surface area contributed by atoms with Gasteiger partial charge in [-0.25, -0.2) is 9.67 Å². The number of hydrogen-bond donors (Lipinski definition) is 1. The zero-order valence-electron chi connectivity index (χ0n) is 9.68. The van der Waals surface area contributed by atoms with Crippen molar-refractivity contribution in [2.24, 2.45) is 5.92 Å². The van der Waals surface area contributed by atoms with Gasteiger partial charge < -0.3 is 5.11 Å². The van der Waals surface area contributed by atoms with E-state index in [9.17, 15) is 4.79 Å². The Balaban J connectivity index is 2.11. The Morgan fingerprint density at radius 1 is 1.62 bits per heavy atom. The molecule has 5 nitrogen and oxygen atoms in total. The Labute approximate surface area is 94.5 Å². The molecule has 1 aliphatic rings. The average Bonchev–Trinajstić information content (AvgIpc) is 2.59. The highest BCUT2D eigenvalue weighted by atomic mass is 16.4. The third kappa shape index (κ3) is 2.23. The zero-order valence-corrected chi connectivity index (χ0v) is 9.68. The monoisotopic (exact) mass is 223 g/mol. The fourth-order valence-electron chi connectivity index (χ4n) is 2.05.